The Kier molecular flexibility index (Phi) is 5.36. The van der Waals surface area contributed by atoms with Gasteiger partial charge in [-0.25, -0.2) is 27.8 Å². The zero-order valence-electron chi connectivity index (χ0n) is 14.8. The van der Waals surface area contributed by atoms with Crippen LogP contribution >= 0.6 is 11.6 Å². The van der Waals surface area contributed by atoms with Crippen LogP contribution in [0.1, 0.15) is 19.3 Å². The number of nitrogens with zero attached hydrogens (tertiary/aromatic N) is 4. The molecule has 4 rings (SSSR count). The first-order valence-electron chi connectivity index (χ1n) is 8.56. The van der Waals surface area contributed by atoms with Crippen LogP contribution in [0.2, 0.25) is 5.02 Å². The number of thiol groups is 1. The first kappa shape index (κ1) is 19.6. The lowest BCUT2D eigenvalue weighted by Crippen LogP contribution is -2.42. The molecule has 1 saturated carbocycles. The summed E-state index contributed by atoms with van der Waals surface area (Å²) in [4.78, 5) is 14.4. The summed E-state index contributed by atoms with van der Waals surface area (Å²) in [6, 6.07) is 6.62. The Labute approximate surface area is 170 Å². The Morgan fingerprint density at radius 1 is 1.24 bits per heavy atom. The number of rotatable bonds is 9. The van der Waals surface area contributed by atoms with Crippen LogP contribution in [-0.4, -0.2) is 40.5 Å². The van der Waals surface area contributed by atoms with E-state index in [1.165, 1.54) is 4.57 Å². The normalized spacial score (nSPS) is 15.0. The standard InChI is InChI=1S/C15H16ClN7O5S/c16-9-2-1-3-10(8-9)23-13(20-27-14(23)24)11-12(19-28-18-11)17-7-6-15(4-5-15)21-22-29(25)26/h1-3,8,21,29H,4-7H2,(H,17,19)(H,22,25,26). The van der Waals surface area contributed by atoms with E-state index in [9.17, 15) is 13.2 Å². The number of halogens is 1. The minimum atomic E-state index is -2.72. The van der Waals surface area contributed by atoms with Crippen LogP contribution in [0.25, 0.3) is 17.2 Å². The summed E-state index contributed by atoms with van der Waals surface area (Å²) < 4.78 is 32.2. The summed E-state index contributed by atoms with van der Waals surface area (Å²) >= 11 is 6.01. The lowest BCUT2D eigenvalue weighted by molar-refractivity contribution is 0.309. The van der Waals surface area contributed by atoms with Crippen molar-refractivity contribution in [1.29, 1.82) is 0 Å². The average Bonchev–Trinajstić information content (AvgIpc) is 3.12. The number of hydrogen-bond acceptors (Lipinski definition) is 10. The molecule has 29 heavy (non-hydrogen) atoms. The number of nitrogens with one attached hydrogen (secondary N) is 3. The molecule has 0 aliphatic heterocycles. The highest BCUT2D eigenvalue weighted by atomic mass is 35.5. The Morgan fingerprint density at radius 3 is 2.79 bits per heavy atom. The van der Waals surface area contributed by atoms with Gasteiger partial charge in [0.1, 0.15) is 0 Å². The van der Waals surface area contributed by atoms with Crippen LogP contribution in [0.5, 0.6) is 0 Å². The Balaban J connectivity index is 1.51. The van der Waals surface area contributed by atoms with Crippen molar-refractivity contribution < 1.29 is 17.6 Å². The molecular weight excluding hydrogens is 426 g/mol. The molecule has 14 heteroatoms. The number of aromatic nitrogens is 4. The average molecular weight is 442 g/mol. The maximum absolute atomic E-state index is 12.2. The molecule has 154 valence electrons. The van der Waals surface area contributed by atoms with E-state index in [-0.39, 0.29) is 22.9 Å². The van der Waals surface area contributed by atoms with E-state index in [2.05, 4.69) is 31.0 Å². The molecule has 1 aliphatic rings. The number of anilines is 1. The maximum Gasteiger partial charge on any atom is 0.446 e. The summed E-state index contributed by atoms with van der Waals surface area (Å²) in [6.07, 6.45) is 2.30. The first-order valence-corrected chi connectivity index (χ1v) is 10.1. The van der Waals surface area contributed by atoms with Gasteiger partial charge in [0.2, 0.25) is 22.5 Å². The van der Waals surface area contributed by atoms with Gasteiger partial charge in [-0.2, -0.15) is 4.83 Å². The Morgan fingerprint density at radius 2 is 2.07 bits per heavy atom. The second-order valence-corrected chi connectivity index (χ2v) is 7.67. The molecule has 2 heterocycles. The van der Waals surface area contributed by atoms with Crippen molar-refractivity contribution in [2.45, 2.75) is 24.8 Å². The molecule has 0 radical (unpaired) electrons. The van der Waals surface area contributed by atoms with E-state index in [0.29, 0.717) is 23.7 Å². The molecule has 1 fully saturated rings. The highest BCUT2D eigenvalue weighted by Gasteiger charge is 2.42. The van der Waals surface area contributed by atoms with Gasteiger partial charge in [-0.3, -0.25) is 4.52 Å². The summed E-state index contributed by atoms with van der Waals surface area (Å²) in [5.74, 6) is -0.340. The lowest BCUT2D eigenvalue weighted by Gasteiger charge is -2.15. The minimum absolute atomic E-state index is 0.102. The van der Waals surface area contributed by atoms with E-state index in [0.717, 1.165) is 12.8 Å². The van der Waals surface area contributed by atoms with E-state index < -0.39 is 16.6 Å². The largest absolute Gasteiger partial charge is 0.446 e. The highest BCUT2D eigenvalue weighted by Crippen LogP contribution is 2.38. The highest BCUT2D eigenvalue weighted by molar-refractivity contribution is 7.70. The predicted molar refractivity (Wildman–Crippen MR) is 102 cm³/mol. The van der Waals surface area contributed by atoms with Crippen molar-refractivity contribution in [2.75, 3.05) is 11.9 Å². The van der Waals surface area contributed by atoms with Gasteiger partial charge < -0.3 is 5.32 Å². The molecule has 0 spiro atoms. The summed E-state index contributed by atoms with van der Waals surface area (Å²) in [5, 5.41) is 14.9. The second-order valence-electron chi connectivity index (χ2n) is 6.50. The third-order valence-electron chi connectivity index (χ3n) is 4.53. The summed E-state index contributed by atoms with van der Waals surface area (Å²) in [5.41, 5.74) is 3.15. The zero-order valence-corrected chi connectivity index (χ0v) is 16.4. The van der Waals surface area contributed by atoms with Crippen LogP contribution in [0, 0.1) is 0 Å². The molecule has 3 N–H and O–H groups in total. The molecule has 0 bridgehead atoms. The number of hydrazine groups is 1. The van der Waals surface area contributed by atoms with Crippen molar-refractivity contribution in [1.82, 2.24) is 30.3 Å². The van der Waals surface area contributed by atoms with Crippen LogP contribution < -0.4 is 21.3 Å². The van der Waals surface area contributed by atoms with Gasteiger partial charge in [0, 0.05) is 17.1 Å². The van der Waals surface area contributed by atoms with Crippen molar-refractivity contribution in [2.24, 2.45) is 0 Å². The van der Waals surface area contributed by atoms with Gasteiger partial charge in [-0.15, -0.1) is 0 Å². The first-order chi connectivity index (χ1) is 14.0. The third-order valence-corrected chi connectivity index (χ3v) is 5.06. The van der Waals surface area contributed by atoms with E-state index in [1.807, 2.05) is 0 Å². The SMILES string of the molecule is O=c1onc(-c2nonc2NCCC2(NN[SH](=O)=O)CC2)n1-c1cccc(Cl)c1. The molecule has 0 saturated heterocycles. The minimum Gasteiger partial charge on any atom is -0.365 e. The zero-order chi connectivity index (χ0) is 20.4. The number of hydrogen-bond donors (Lipinski definition) is 4. The molecule has 0 amide bonds. The molecule has 1 aliphatic carbocycles. The topological polar surface area (TPSA) is 157 Å². The maximum atomic E-state index is 12.2. The molecular formula is C15H16ClN7O5S. The molecule has 3 aromatic rings. The second kappa shape index (κ2) is 7.94. The van der Waals surface area contributed by atoms with Crippen molar-refractivity contribution >= 4 is 28.3 Å². The van der Waals surface area contributed by atoms with Crippen LogP contribution in [0.4, 0.5) is 5.82 Å². The smallest absolute Gasteiger partial charge is 0.365 e. The van der Waals surface area contributed by atoms with Crippen molar-refractivity contribution in [3.8, 4) is 17.2 Å². The molecule has 0 atom stereocenters. The van der Waals surface area contributed by atoms with Gasteiger partial charge >= 0.3 is 5.76 Å². The molecule has 12 nitrogen and oxygen atoms in total. The van der Waals surface area contributed by atoms with Crippen molar-refractivity contribution in [3.63, 3.8) is 0 Å². The molecule has 2 aromatic heterocycles. The van der Waals surface area contributed by atoms with Gasteiger partial charge in [0.25, 0.3) is 0 Å². The fourth-order valence-corrected chi connectivity index (χ4v) is 3.38. The monoisotopic (exact) mass is 441 g/mol. The fourth-order valence-electron chi connectivity index (χ4n) is 2.87. The van der Waals surface area contributed by atoms with Gasteiger partial charge in [0.15, 0.2) is 5.69 Å². The van der Waals surface area contributed by atoms with Crippen molar-refractivity contribution in [3.05, 3.63) is 39.8 Å². The van der Waals surface area contributed by atoms with E-state index >= 15 is 0 Å². The summed E-state index contributed by atoms with van der Waals surface area (Å²) in [6.45, 7) is 0.449. The Hall–Kier alpha value is -2.74. The van der Waals surface area contributed by atoms with E-state index in [4.69, 9.17) is 20.8 Å². The van der Waals surface area contributed by atoms with Gasteiger partial charge in [-0.05, 0) is 47.8 Å². The van der Waals surface area contributed by atoms with Gasteiger partial charge in [-0.1, -0.05) is 22.8 Å². The van der Waals surface area contributed by atoms with E-state index in [1.54, 1.807) is 24.3 Å². The summed E-state index contributed by atoms with van der Waals surface area (Å²) in [7, 11) is -2.72. The van der Waals surface area contributed by atoms with Crippen LogP contribution in [0.15, 0.2) is 38.2 Å². The molecule has 0 unspecified atom stereocenters. The van der Waals surface area contributed by atoms with Crippen LogP contribution in [-0.2, 0) is 10.9 Å². The van der Waals surface area contributed by atoms with Gasteiger partial charge in [0.05, 0.1) is 5.69 Å². The molecule has 1 aromatic carbocycles. The fraction of sp³-hybridized carbons (Fsp3) is 0.333. The lowest BCUT2D eigenvalue weighted by atomic mass is 10.2. The predicted octanol–water partition coefficient (Wildman–Crippen LogP) is 0.484. The van der Waals surface area contributed by atoms with Crippen LogP contribution in [0.3, 0.4) is 0 Å². The quantitative estimate of drug-likeness (QED) is 0.272. The third kappa shape index (κ3) is 4.32. The number of benzene rings is 1. The Bertz CT molecular complexity index is 1140.